The summed E-state index contributed by atoms with van der Waals surface area (Å²) in [5, 5.41) is 33.0. The number of aromatic amines is 1. The molecule has 0 unspecified atom stereocenters. The molecule has 1 aliphatic heterocycles. The van der Waals surface area contributed by atoms with Crippen molar-refractivity contribution in [3.05, 3.63) is 243 Å². The molecule has 0 bridgehead atoms. The second-order valence-corrected chi connectivity index (χ2v) is 26.8. The van der Waals surface area contributed by atoms with Crippen LogP contribution in [-0.4, -0.2) is 111 Å². The first-order valence-corrected chi connectivity index (χ1v) is 36.4. The van der Waals surface area contributed by atoms with Crippen LogP contribution in [-0.2, 0) is 30.4 Å². The molecule has 16 nitrogen and oxygen atoms in total. The number of benzene rings is 2. The van der Waals surface area contributed by atoms with Crippen molar-refractivity contribution in [2.45, 2.75) is 73.6 Å². The number of nitrogens with zero attached hydrogens (tertiary/aromatic N) is 6. The summed E-state index contributed by atoms with van der Waals surface area (Å²) in [6, 6.07) is 31.5. The molecule has 4 N–H and O–H groups in total. The van der Waals surface area contributed by atoms with Gasteiger partial charge in [-0.1, -0.05) is 20.3 Å². The molecule has 0 radical (unpaired) electrons. The third-order valence-electron chi connectivity index (χ3n) is 13.5. The number of aliphatic hydroxyl groups excluding tert-OH is 3. The Kier molecular flexibility index (Phi) is 35.5. The van der Waals surface area contributed by atoms with Gasteiger partial charge in [0.05, 0.1) is 51.7 Å². The number of fused-ring (bicyclic) bond motifs is 2. The van der Waals surface area contributed by atoms with E-state index in [-0.39, 0.29) is 25.4 Å². The highest BCUT2D eigenvalue weighted by Crippen LogP contribution is 2.32. The van der Waals surface area contributed by atoms with Gasteiger partial charge in [0, 0.05) is 173 Å². The highest BCUT2D eigenvalue weighted by Gasteiger charge is 2.13. The maximum absolute atomic E-state index is 14.2. The average molecular weight is 1650 g/mol. The predicted octanol–water partition coefficient (Wildman–Crippen LogP) is 17.4. The first-order chi connectivity index (χ1) is 48.3. The zero-order valence-electron chi connectivity index (χ0n) is 56.5. The van der Waals surface area contributed by atoms with E-state index < -0.39 is 23.8 Å². The lowest BCUT2D eigenvalue weighted by atomic mass is 10.1. The fourth-order valence-corrected chi connectivity index (χ4v) is 12.2. The Morgan fingerprint density at radius 1 is 0.510 bits per heavy atom. The molecule has 13 rings (SSSR count). The number of halogens is 6. The molecule has 1 aliphatic rings. The van der Waals surface area contributed by atoms with Crippen LogP contribution >= 0.6 is 79.2 Å². The number of aliphatic hydroxyl groups is 3. The molecule has 0 saturated carbocycles. The monoisotopic (exact) mass is 1650 g/mol. The summed E-state index contributed by atoms with van der Waals surface area (Å²) in [7, 11) is 3.25. The summed E-state index contributed by atoms with van der Waals surface area (Å²) < 4.78 is 80.8. The molecule has 12 aromatic rings. The van der Waals surface area contributed by atoms with Crippen LogP contribution in [0.25, 0.3) is 53.1 Å². The summed E-state index contributed by atoms with van der Waals surface area (Å²) >= 11 is 9.03. The minimum absolute atomic E-state index is 0.0430. The van der Waals surface area contributed by atoms with E-state index >= 15 is 0 Å². The van der Waals surface area contributed by atoms with Crippen molar-refractivity contribution >= 4 is 101 Å². The first-order valence-electron chi connectivity index (χ1n) is 31.6. The fourth-order valence-electron chi connectivity index (χ4n) is 8.70. The van der Waals surface area contributed by atoms with Crippen molar-refractivity contribution in [2.24, 2.45) is 0 Å². The Bertz CT molecular complexity index is 4480. The van der Waals surface area contributed by atoms with Crippen molar-refractivity contribution in [3.8, 4) is 54.3 Å². The fraction of sp³-hybridized carbons (Fsp3) is 0.267. The second kappa shape index (κ2) is 43.7. The number of nitrogens with one attached hydrogen (secondary N) is 1. The minimum Gasteiger partial charge on any atom is -0.497 e. The topological polar surface area (TPSA) is 220 Å². The summed E-state index contributed by atoms with van der Waals surface area (Å²) in [6.45, 7) is 14.9. The van der Waals surface area contributed by atoms with Crippen LogP contribution in [0.3, 0.4) is 0 Å². The van der Waals surface area contributed by atoms with E-state index in [2.05, 4.69) is 128 Å². The summed E-state index contributed by atoms with van der Waals surface area (Å²) in [5.41, 5.74) is 10.2. The van der Waals surface area contributed by atoms with Crippen molar-refractivity contribution in [2.75, 3.05) is 60.5 Å². The predicted molar refractivity (Wildman–Crippen MR) is 410 cm³/mol. The quantitative estimate of drug-likeness (QED) is 0.0288. The van der Waals surface area contributed by atoms with Gasteiger partial charge in [0.25, 0.3) is 5.56 Å². The SMILES string of the molecule is C1CO1.CCC.CCO.COc1ccc2c(OCCc3cc(-c4cc(C)cs4)c[nH]c3=O)ccnc2c1.COc1ccc2c(OCCc3cc(-c4cc(C)cs4)cnc3F)ccnc2c1.Cc1csc(-c2cnc(F)c(CCO)c2)c1.Fc1ccc(I)cn1.OCCc1cc(I)cnc1F. The molecule has 25 heteroatoms. The lowest BCUT2D eigenvalue weighted by molar-refractivity contribution is 0.297. The lowest BCUT2D eigenvalue weighted by Crippen LogP contribution is -2.15. The Morgan fingerprint density at radius 3 is 1.32 bits per heavy atom. The van der Waals surface area contributed by atoms with Gasteiger partial charge in [-0.15, -0.1) is 34.0 Å². The van der Waals surface area contributed by atoms with Gasteiger partial charge in [-0.2, -0.15) is 17.6 Å². The molecular weight excluding hydrogens is 1570 g/mol. The van der Waals surface area contributed by atoms with E-state index in [1.54, 1.807) is 98.1 Å². The van der Waals surface area contributed by atoms with Gasteiger partial charge in [0.2, 0.25) is 23.8 Å². The number of aromatic nitrogens is 7. The van der Waals surface area contributed by atoms with Gasteiger partial charge in [0.1, 0.15) is 23.0 Å². The van der Waals surface area contributed by atoms with Gasteiger partial charge in [-0.05, 0) is 197 Å². The number of aryl methyl sites for hydroxylation is 3. The van der Waals surface area contributed by atoms with Gasteiger partial charge >= 0.3 is 0 Å². The van der Waals surface area contributed by atoms with Gasteiger partial charge < -0.3 is 44.0 Å². The average Bonchev–Trinajstić information content (AvgIpc) is 1.13. The molecule has 0 aliphatic carbocycles. The van der Waals surface area contributed by atoms with Crippen LogP contribution < -0.4 is 24.5 Å². The number of pyridine rings is 7. The molecule has 11 heterocycles. The van der Waals surface area contributed by atoms with E-state index in [0.717, 1.165) is 90.7 Å². The third kappa shape index (κ3) is 27.2. The van der Waals surface area contributed by atoms with Crippen LogP contribution in [0.4, 0.5) is 17.6 Å². The van der Waals surface area contributed by atoms with Gasteiger partial charge in [-0.25, -0.2) is 19.9 Å². The van der Waals surface area contributed by atoms with E-state index in [4.69, 9.17) is 34.3 Å². The van der Waals surface area contributed by atoms with Gasteiger partial charge in [0.15, 0.2) is 0 Å². The maximum atomic E-state index is 14.2. The lowest BCUT2D eigenvalue weighted by Gasteiger charge is -2.10. The van der Waals surface area contributed by atoms with E-state index in [1.165, 1.54) is 47.8 Å². The van der Waals surface area contributed by atoms with Crippen LogP contribution in [0.15, 0.2) is 167 Å². The number of hydrogen-bond acceptors (Lipinski definition) is 18. The largest absolute Gasteiger partial charge is 0.497 e. The van der Waals surface area contributed by atoms with Gasteiger partial charge in [-0.3, -0.25) is 14.8 Å². The first kappa shape index (κ1) is 81.1. The van der Waals surface area contributed by atoms with E-state index in [0.29, 0.717) is 66.9 Å². The second-order valence-electron chi connectivity index (χ2n) is 21.6. The minimum atomic E-state index is -0.494. The summed E-state index contributed by atoms with van der Waals surface area (Å²) in [6.07, 6.45) is 14.0. The third-order valence-corrected chi connectivity index (χ3v) is 18.0. The normalized spacial score (nSPS) is 10.8. The van der Waals surface area contributed by atoms with Crippen LogP contribution in [0.5, 0.6) is 23.0 Å². The highest BCUT2D eigenvalue weighted by atomic mass is 127. The zero-order chi connectivity index (χ0) is 72.3. The molecule has 1 saturated heterocycles. The van der Waals surface area contributed by atoms with Crippen molar-refractivity contribution in [1.82, 2.24) is 34.9 Å². The molecule has 528 valence electrons. The van der Waals surface area contributed by atoms with Crippen LogP contribution in [0, 0.1) is 51.7 Å². The Balaban J connectivity index is 0.000000202. The van der Waals surface area contributed by atoms with Crippen molar-refractivity contribution < 1.29 is 56.6 Å². The molecular formula is C75H79F4I2N7O9S3. The number of hydrogen-bond donors (Lipinski definition) is 4. The Hall–Kier alpha value is -7.87. The molecule has 0 amide bonds. The standard InChI is InChI=1S/C22H19FN2O2S.C22H20N2O3S.C12H12FNOS.C7H7FINO.C5H3FIN.C3H8.C2H4O.C2H6O/c1-14-9-21(28-13-14)16-10-15(22(23)25-12-16)6-8-27-20-5-7-24-19-11-17(26-2)3-4-18(19)20;1-14-9-21(28-13-14)16-10-15(22(25)24-12-16)6-8-27-20-5-7-23-19-11-17(26-2)3-4-18(19)20;1-8-4-11(16-7-8)10-5-9(2-3-15)12(13)14-6-10;8-7-5(1-2-11)3-6(9)4-10-7;6-5-2-1-4(7)3-8-5;1-3-2;1-2-3-1;1-2-3/h3-5,7,9-13H,6,8H2,1-2H3;3-5,7,9-13H,6,8H2,1-2H3,(H,24,25);4-7,15H,2-3H2,1H3;3-4,11H,1-2H2;1-3H;3H2,1-2H3;1-2H2;3H,2H2,1H3. The molecule has 2 aromatic carbocycles. The smallest absolute Gasteiger partial charge is 0.251 e. The van der Waals surface area contributed by atoms with Crippen LogP contribution in [0.2, 0.25) is 0 Å². The molecule has 0 atom stereocenters. The number of ether oxygens (including phenoxy) is 5. The molecule has 0 spiro atoms. The number of rotatable bonds is 17. The Morgan fingerprint density at radius 2 is 0.920 bits per heavy atom. The summed E-state index contributed by atoms with van der Waals surface area (Å²) in [5.74, 6) is 1.09. The Labute approximate surface area is 618 Å². The zero-order valence-corrected chi connectivity index (χ0v) is 63.3. The number of thiophene rings is 3. The number of H-pyrrole nitrogens is 1. The highest BCUT2D eigenvalue weighted by molar-refractivity contribution is 14.1. The number of methoxy groups -OCH3 is 2. The molecule has 100 heavy (non-hydrogen) atoms. The van der Waals surface area contributed by atoms with E-state index in [9.17, 15) is 22.4 Å². The maximum Gasteiger partial charge on any atom is 0.251 e. The summed E-state index contributed by atoms with van der Waals surface area (Å²) in [4.78, 5) is 41.6. The van der Waals surface area contributed by atoms with E-state index in [1.807, 2.05) is 86.0 Å². The van der Waals surface area contributed by atoms with Crippen molar-refractivity contribution in [3.63, 3.8) is 0 Å². The molecule has 1 fully saturated rings. The molecule has 10 aromatic heterocycles. The van der Waals surface area contributed by atoms with Crippen LogP contribution in [0.1, 0.15) is 66.1 Å². The van der Waals surface area contributed by atoms with Crippen molar-refractivity contribution in [1.29, 1.82) is 0 Å². The number of epoxide rings is 1.